The molecule has 10 rings (SSSR count). The van der Waals surface area contributed by atoms with E-state index in [-0.39, 0.29) is 13.2 Å². The van der Waals surface area contributed by atoms with Crippen LogP contribution in [0.2, 0.25) is 0 Å². The van der Waals surface area contributed by atoms with Crippen LogP contribution in [0.1, 0.15) is 97.6 Å². The van der Waals surface area contributed by atoms with E-state index in [1.54, 1.807) is 0 Å². The van der Waals surface area contributed by atoms with E-state index >= 15 is 0 Å². The van der Waals surface area contributed by atoms with E-state index in [2.05, 4.69) is 242 Å². The summed E-state index contributed by atoms with van der Waals surface area (Å²) in [6, 6.07) is 89.3. The van der Waals surface area contributed by atoms with Crippen molar-refractivity contribution in [3.05, 3.63) is 266 Å². The molecular formula is C79H78N2O6. The molecule has 8 heteroatoms. The Hall–Kier alpha value is -9.66. The third-order valence-corrected chi connectivity index (χ3v) is 15.8. The van der Waals surface area contributed by atoms with Gasteiger partial charge in [-0.05, 0) is 193 Å². The van der Waals surface area contributed by atoms with Crippen molar-refractivity contribution in [3.8, 4) is 55.6 Å². The lowest BCUT2D eigenvalue weighted by atomic mass is 9.97. The van der Waals surface area contributed by atoms with E-state index in [1.165, 1.54) is 0 Å². The van der Waals surface area contributed by atoms with Gasteiger partial charge in [-0.2, -0.15) is 0 Å². The van der Waals surface area contributed by atoms with Gasteiger partial charge in [0.25, 0.3) is 0 Å². The zero-order valence-corrected chi connectivity index (χ0v) is 51.0. The average molecular weight is 1150 g/mol. The molecule has 0 fully saturated rings. The number of benzene rings is 10. The molecule has 0 radical (unpaired) electrons. The maximum absolute atomic E-state index is 12.7. The number of anilines is 6. The van der Waals surface area contributed by atoms with Gasteiger partial charge in [-0.1, -0.05) is 215 Å². The second-order valence-corrected chi connectivity index (χ2v) is 23.4. The van der Waals surface area contributed by atoms with E-state index < -0.39 is 23.5 Å². The summed E-state index contributed by atoms with van der Waals surface area (Å²) in [5.74, 6) is 0. The SMILES string of the molecule is CCCCCC(C)(C)OC(=O)OCc1ccc(N(c2ccc(-c3ccccc3)cc2)c2ccc(-c3ccc(-c4ccc(-c5ccc(N(c6ccc(COC(=O)OC(C)(C)CCCC)cc6)c6ccc(-c7ccccc7)cc6)cc5)cc4)cc3)cc2)cc1. The zero-order chi connectivity index (χ0) is 60.6. The van der Waals surface area contributed by atoms with E-state index in [0.29, 0.717) is 0 Å². The molecular weight excluding hydrogens is 1070 g/mol. The molecule has 10 aromatic rings. The van der Waals surface area contributed by atoms with Gasteiger partial charge in [0.1, 0.15) is 24.4 Å². The highest BCUT2D eigenvalue weighted by Gasteiger charge is 2.25. The summed E-state index contributed by atoms with van der Waals surface area (Å²) in [5.41, 5.74) is 18.0. The van der Waals surface area contributed by atoms with E-state index in [4.69, 9.17) is 18.9 Å². The van der Waals surface area contributed by atoms with E-state index in [9.17, 15) is 9.59 Å². The lowest BCUT2D eigenvalue weighted by Gasteiger charge is -2.26. The maximum atomic E-state index is 12.7. The van der Waals surface area contributed by atoms with Gasteiger partial charge < -0.3 is 28.7 Å². The van der Waals surface area contributed by atoms with Crippen molar-refractivity contribution in [1.82, 2.24) is 0 Å². The van der Waals surface area contributed by atoms with Crippen molar-refractivity contribution in [3.63, 3.8) is 0 Å². The smallest absolute Gasteiger partial charge is 0.429 e. The van der Waals surface area contributed by atoms with Crippen LogP contribution in [0, 0.1) is 0 Å². The third kappa shape index (κ3) is 16.2. The lowest BCUT2D eigenvalue weighted by Crippen LogP contribution is -2.28. The number of unbranched alkanes of at least 4 members (excludes halogenated alkanes) is 3. The van der Waals surface area contributed by atoms with Gasteiger partial charge in [0.2, 0.25) is 0 Å². The highest BCUT2D eigenvalue weighted by atomic mass is 16.7. The third-order valence-electron chi connectivity index (χ3n) is 15.8. The molecule has 440 valence electrons. The molecule has 0 bridgehead atoms. The number of carbonyl (C=O) groups excluding carboxylic acids is 2. The molecule has 0 amide bonds. The molecule has 0 aromatic heterocycles. The molecule has 10 aromatic carbocycles. The van der Waals surface area contributed by atoms with Gasteiger partial charge in [-0.25, -0.2) is 9.59 Å². The Morgan fingerprint density at radius 2 is 0.529 bits per heavy atom. The van der Waals surface area contributed by atoms with Crippen LogP contribution >= 0.6 is 0 Å². The first-order valence-corrected chi connectivity index (χ1v) is 30.5. The van der Waals surface area contributed by atoms with Crippen LogP contribution < -0.4 is 9.80 Å². The average Bonchev–Trinajstić information content (AvgIpc) is 2.88. The van der Waals surface area contributed by atoms with Gasteiger partial charge in [0.15, 0.2) is 0 Å². The Morgan fingerprint density at radius 3 is 0.793 bits per heavy atom. The minimum Gasteiger partial charge on any atom is -0.429 e. The molecule has 0 aliphatic heterocycles. The van der Waals surface area contributed by atoms with Crippen molar-refractivity contribution >= 4 is 46.4 Å². The molecule has 0 unspecified atom stereocenters. The molecule has 0 aliphatic carbocycles. The number of hydrogen-bond acceptors (Lipinski definition) is 8. The van der Waals surface area contributed by atoms with Gasteiger partial charge in [0.05, 0.1) is 0 Å². The zero-order valence-electron chi connectivity index (χ0n) is 51.0. The van der Waals surface area contributed by atoms with Crippen LogP contribution in [-0.2, 0) is 32.2 Å². The minimum atomic E-state index is -0.655. The second kappa shape index (κ2) is 28.5. The monoisotopic (exact) mass is 1150 g/mol. The Balaban J connectivity index is 0.820. The van der Waals surface area contributed by atoms with E-state index in [1.807, 2.05) is 64.1 Å². The number of ether oxygens (including phenoxy) is 4. The Bertz CT molecular complexity index is 3770. The first kappa shape index (κ1) is 60.5. The summed E-state index contributed by atoms with van der Waals surface area (Å²) in [7, 11) is 0. The molecule has 0 saturated heterocycles. The minimum absolute atomic E-state index is 0.118. The number of rotatable bonds is 24. The molecule has 8 nitrogen and oxygen atoms in total. The largest absolute Gasteiger partial charge is 0.509 e. The Kier molecular flexibility index (Phi) is 19.8. The lowest BCUT2D eigenvalue weighted by molar-refractivity contribution is -0.0256. The molecule has 0 spiro atoms. The summed E-state index contributed by atoms with van der Waals surface area (Å²) >= 11 is 0. The maximum Gasteiger partial charge on any atom is 0.509 e. The summed E-state index contributed by atoms with van der Waals surface area (Å²) < 4.78 is 22.5. The fraction of sp³-hybridized carbons (Fsp3) is 0.215. The van der Waals surface area contributed by atoms with Gasteiger partial charge in [0, 0.05) is 34.1 Å². The van der Waals surface area contributed by atoms with Crippen LogP contribution in [0.5, 0.6) is 0 Å². The quantitative estimate of drug-likeness (QED) is 0.0437. The van der Waals surface area contributed by atoms with Crippen molar-refractivity contribution in [2.45, 2.75) is 111 Å². The molecule has 0 atom stereocenters. The fourth-order valence-corrected chi connectivity index (χ4v) is 10.9. The van der Waals surface area contributed by atoms with Gasteiger partial charge in [-0.3, -0.25) is 0 Å². The first-order chi connectivity index (χ1) is 42.3. The molecule has 87 heavy (non-hydrogen) atoms. The van der Waals surface area contributed by atoms with Crippen molar-refractivity contribution < 1.29 is 28.5 Å². The number of carbonyl (C=O) groups is 2. The predicted molar refractivity (Wildman–Crippen MR) is 357 cm³/mol. The standard InChI is InChI=1S/C79H78N2O6/c1-7-9-17-55-79(5,6)87-77(83)85-57-59-24-44-71(45-25-59)81(73-48-36-67(37-49-73)61-20-15-12-16-21-61)75-52-40-69(41-53-75)65-32-28-63(29-33-65)62-26-30-64(31-27-62)68-38-50-74(51-39-68)80(72-46-34-66(35-47-72)60-18-13-11-14-19-60)70-42-22-58(23-43-70)56-84-76(82)86-78(3,4)54-10-8-2/h11-16,18-53H,7-10,17,54-57H2,1-6H3. The molecule has 0 saturated carbocycles. The van der Waals surface area contributed by atoms with Crippen LogP contribution in [0.4, 0.5) is 43.7 Å². The number of hydrogen-bond donors (Lipinski definition) is 0. The van der Waals surface area contributed by atoms with Crippen molar-refractivity contribution in [2.24, 2.45) is 0 Å². The topological polar surface area (TPSA) is 77.5 Å². The van der Waals surface area contributed by atoms with Gasteiger partial charge >= 0.3 is 12.3 Å². The van der Waals surface area contributed by atoms with Gasteiger partial charge in [-0.15, -0.1) is 0 Å². The van der Waals surface area contributed by atoms with Crippen LogP contribution in [-0.4, -0.2) is 23.5 Å². The fourth-order valence-electron chi connectivity index (χ4n) is 10.9. The van der Waals surface area contributed by atoms with E-state index in [0.717, 1.165) is 146 Å². The Morgan fingerprint density at radius 1 is 0.299 bits per heavy atom. The summed E-state index contributed by atoms with van der Waals surface area (Å²) in [5, 5.41) is 0. The molecule has 0 heterocycles. The van der Waals surface area contributed by atoms with Crippen LogP contribution in [0.3, 0.4) is 0 Å². The summed E-state index contributed by atoms with van der Waals surface area (Å²) in [6.07, 6.45) is 5.51. The van der Waals surface area contributed by atoms with Crippen LogP contribution in [0.25, 0.3) is 55.6 Å². The predicted octanol–water partition coefficient (Wildman–Crippen LogP) is 22.6. The second-order valence-electron chi connectivity index (χ2n) is 23.4. The highest BCUT2D eigenvalue weighted by molar-refractivity contribution is 5.83. The Labute approximate surface area is 514 Å². The summed E-state index contributed by atoms with van der Waals surface area (Å²) in [6.45, 7) is 12.2. The number of nitrogens with zero attached hydrogens (tertiary/aromatic N) is 2. The normalized spacial score (nSPS) is 11.4. The van der Waals surface area contributed by atoms with Crippen molar-refractivity contribution in [2.75, 3.05) is 9.80 Å². The molecule has 0 aliphatic rings. The van der Waals surface area contributed by atoms with Crippen LogP contribution in [0.15, 0.2) is 255 Å². The summed E-state index contributed by atoms with van der Waals surface area (Å²) in [4.78, 5) is 29.8. The highest BCUT2D eigenvalue weighted by Crippen LogP contribution is 2.40. The molecule has 0 N–H and O–H groups in total. The first-order valence-electron chi connectivity index (χ1n) is 30.5. The van der Waals surface area contributed by atoms with Crippen molar-refractivity contribution in [1.29, 1.82) is 0 Å².